The van der Waals surface area contributed by atoms with Crippen LogP contribution in [0.5, 0.6) is 5.75 Å². The molecule has 0 aliphatic heterocycles. The lowest BCUT2D eigenvalue weighted by molar-refractivity contribution is -0.137. The van der Waals surface area contributed by atoms with Gasteiger partial charge in [0, 0.05) is 6.20 Å². The number of hydrogen-bond acceptors (Lipinski definition) is 6. The smallest absolute Gasteiger partial charge is 0.325 e. The number of carbonyl (C=O) groups excluding carboxylic acids is 1. The van der Waals surface area contributed by atoms with E-state index >= 15 is 0 Å². The zero-order valence-corrected chi connectivity index (χ0v) is 12.8. The van der Waals surface area contributed by atoms with Crippen molar-refractivity contribution in [3.8, 4) is 5.75 Å². The standard InChI is InChI=1S/C14H17N5O4/c1-9(2)23-11-4-3-5-15-13(11)14(22)16-6-10-7-19(18-17-10)8-12(20)21/h3-5,7,9H,6,8H2,1-2H3,(H,16,22)(H,20,21). The molecule has 0 bridgehead atoms. The second-order valence-corrected chi connectivity index (χ2v) is 5.00. The van der Waals surface area contributed by atoms with E-state index in [-0.39, 0.29) is 24.9 Å². The third-order valence-corrected chi connectivity index (χ3v) is 2.66. The first-order valence-electron chi connectivity index (χ1n) is 6.96. The first-order valence-corrected chi connectivity index (χ1v) is 6.96. The van der Waals surface area contributed by atoms with Crippen LogP contribution in [0.4, 0.5) is 0 Å². The second-order valence-electron chi connectivity index (χ2n) is 5.00. The first-order chi connectivity index (χ1) is 11.0. The van der Waals surface area contributed by atoms with Crippen LogP contribution >= 0.6 is 0 Å². The average Bonchev–Trinajstić information content (AvgIpc) is 2.91. The Morgan fingerprint density at radius 2 is 2.22 bits per heavy atom. The van der Waals surface area contributed by atoms with E-state index in [0.29, 0.717) is 11.4 Å². The third-order valence-electron chi connectivity index (χ3n) is 2.66. The predicted molar refractivity (Wildman–Crippen MR) is 78.8 cm³/mol. The lowest BCUT2D eigenvalue weighted by atomic mass is 10.3. The maximum absolute atomic E-state index is 12.2. The van der Waals surface area contributed by atoms with E-state index in [4.69, 9.17) is 9.84 Å². The van der Waals surface area contributed by atoms with Gasteiger partial charge in [-0.15, -0.1) is 5.10 Å². The third kappa shape index (κ3) is 4.77. The van der Waals surface area contributed by atoms with Crippen LogP contribution in [-0.4, -0.2) is 43.1 Å². The molecule has 2 N–H and O–H groups in total. The molecule has 2 heterocycles. The molecule has 122 valence electrons. The predicted octanol–water partition coefficient (Wildman–Crippen LogP) is 0.475. The van der Waals surface area contributed by atoms with Crippen LogP contribution in [0.1, 0.15) is 30.0 Å². The molecule has 0 saturated heterocycles. The highest BCUT2D eigenvalue weighted by Crippen LogP contribution is 2.16. The highest BCUT2D eigenvalue weighted by molar-refractivity contribution is 5.94. The van der Waals surface area contributed by atoms with Crippen LogP contribution in [0.2, 0.25) is 0 Å². The van der Waals surface area contributed by atoms with Crippen LogP contribution in [0.15, 0.2) is 24.5 Å². The summed E-state index contributed by atoms with van der Waals surface area (Å²) in [6.45, 7) is 3.54. The van der Waals surface area contributed by atoms with Gasteiger partial charge in [0.05, 0.1) is 18.8 Å². The van der Waals surface area contributed by atoms with Crippen molar-refractivity contribution >= 4 is 11.9 Å². The number of hydrogen-bond donors (Lipinski definition) is 2. The Balaban J connectivity index is 2.00. The van der Waals surface area contributed by atoms with E-state index in [1.807, 2.05) is 13.8 Å². The van der Waals surface area contributed by atoms with Crippen molar-refractivity contribution in [3.63, 3.8) is 0 Å². The summed E-state index contributed by atoms with van der Waals surface area (Å²) in [5.41, 5.74) is 0.626. The van der Waals surface area contributed by atoms with E-state index in [9.17, 15) is 9.59 Å². The van der Waals surface area contributed by atoms with Gasteiger partial charge < -0.3 is 15.2 Å². The summed E-state index contributed by atoms with van der Waals surface area (Å²) >= 11 is 0. The summed E-state index contributed by atoms with van der Waals surface area (Å²) in [4.78, 5) is 26.8. The molecule has 0 fully saturated rings. The van der Waals surface area contributed by atoms with Crippen LogP contribution in [0.3, 0.4) is 0 Å². The summed E-state index contributed by atoms with van der Waals surface area (Å²) in [5, 5.41) is 18.8. The van der Waals surface area contributed by atoms with Gasteiger partial charge in [-0.2, -0.15) is 0 Å². The lowest BCUT2D eigenvalue weighted by Crippen LogP contribution is -2.25. The Labute approximate surface area is 132 Å². The van der Waals surface area contributed by atoms with Crippen molar-refractivity contribution in [1.29, 1.82) is 0 Å². The molecule has 2 rings (SSSR count). The normalized spacial score (nSPS) is 10.6. The average molecular weight is 319 g/mol. The van der Waals surface area contributed by atoms with Crippen LogP contribution in [0, 0.1) is 0 Å². The molecule has 2 aromatic heterocycles. The number of carbonyl (C=O) groups is 2. The highest BCUT2D eigenvalue weighted by atomic mass is 16.5. The largest absolute Gasteiger partial charge is 0.489 e. The number of carboxylic acid groups (broad SMARTS) is 1. The molecule has 0 spiro atoms. The molecular weight excluding hydrogens is 302 g/mol. The molecule has 1 amide bonds. The summed E-state index contributed by atoms with van der Waals surface area (Å²) < 4.78 is 6.72. The molecule has 0 aliphatic rings. The van der Waals surface area contributed by atoms with E-state index in [1.165, 1.54) is 17.1 Å². The minimum absolute atomic E-state index is 0.0818. The number of aliphatic carboxylic acids is 1. The van der Waals surface area contributed by atoms with Crippen LogP contribution < -0.4 is 10.1 Å². The molecule has 0 unspecified atom stereocenters. The lowest BCUT2D eigenvalue weighted by Gasteiger charge is -2.12. The number of ether oxygens (including phenoxy) is 1. The monoisotopic (exact) mass is 319 g/mol. The number of pyridine rings is 1. The van der Waals surface area contributed by atoms with E-state index < -0.39 is 11.9 Å². The van der Waals surface area contributed by atoms with Gasteiger partial charge in [-0.3, -0.25) is 9.59 Å². The van der Waals surface area contributed by atoms with Crippen molar-refractivity contribution in [2.45, 2.75) is 33.0 Å². The number of aromatic nitrogens is 4. The molecule has 0 atom stereocenters. The summed E-state index contributed by atoms with van der Waals surface area (Å²) in [5.74, 6) is -1.03. The van der Waals surface area contributed by atoms with Crippen molar-refractivity contribution in [3.05, 3.63) is 35.9 Å². The minimum Gasteiger partial charge on any atom is -0.489 e. The Morgan fingerprint density at radius 3 is 2.91 bits per heavy atom. The van der Waals surface area contributed by atoms with Crippen molar-refractivity contribution in [2.24, 2.45) is 0 Å². The molecule has 0 aromatic carbocycles. The number of nitrogens with zero attached hydrogens (tertiary/aromatic N) is 4. The van der Waals surface area contributed by atoms with Gasteiger partial charge in [0.15, 0.2) is 11.4 Å². The van der Waals surface area contributed by atoms with Gasteiger partial charge in [0.1, 0.15) is 12.2 Å². The van der Waals surface area contributed by atoms with Crippen LogP contribution in [-0.2, 0) is 17.9 Å². The molecule has 0 saturated carbocycles. The fourth-order valence-electron chi connectivity index (χ4n) is 1.80. The highest BCUT2D eigenvalue weighted by Gasteiger charge is 2.15. The summed E-state index contributed by atoms with van der Waals surface area (Å²) in [6, 6.07) is 3.36. The van der Waals surface area contributed by atoms with Gasteiger partial charge >= 0.3 is 5.97 Å². The zero-order chi connectivity index (χ0) is 16.8. The van der Waals surface area contributed by atoms with Gasteiger partial charge in [0.25, 0.3) is 5.91 Å². The number of carboxylic acids is 1. The van der Waals surface area contributed by atoms with Gasteiger partial charge in [-0.05, 0) is 26.0 Å². The number of amides is 1. The Bertz CT molecular complexity index is 698. The fraction of sp³-hybridized carbons (Fsp3) is 0.357. The first kappa shape index (κ1) is 16.4. The topological polar surface area (TPSA) is 119 Å². The molecule has 23 heavy (non-hydrogen) atoms. The SMILES string of the molecule is CC(C)Oc1cccnc1C(=O)NCc1cn(CC(=O)O)nn1. The quantitative estimate of drug-likeness (QED) is 0.761. The minimum atomic E-state index is -1.02. The van der Waals surface area contributed by atoms with Gasteiger partial charge in [0.2, 0.25) is 0 Å². The number of rotatable bonds is 7. The molecule has 0 aliphatic carbocycles. The van der Waals surface area contributed by atoms with E-state index in [2.05, 4.69) is 20.6 Å². The Hall–Kier alpha value is -2.97. The van der Waals surface area contributed by atoms with Gasteiger partial charge in [-0.25, -0.2) is 9.67 Å². The molecule has 0 radical (unpaired) electrons. The summed E-state index contributed by atoms with van der Waals surface area (Å²) in [6.07, 6.45) is 2.88. The molecule has 9 heteroatoms. The second kappa shape index (κ2) is 7.34. The Morgan fingerprint density at radius 1 is 1.43 bits per heavy atom. The van der Waals surface area contributed by atoms with Crippen LogP contribution in [0.25, 0.3) is 0 Å². The zero-order valence-electron chi connectivity index (χ0n) is 12.8. The van der Waals surface area contributed by atoms with E-state index in [1.54, 1.807) is 12.1 Å². The molecule has 9 nitrogen and oxygen atoms in total. The summed E-state index contributed by atoms with van der Waals surface area (Å²) in [7, 11) is 0. The fourth-order valence-corrected chi connectivity index (χ4v) is 1.80. The molecular formula is C14H17N5O4. The number of nitrogens with one attached hydrogen (secondary N) is 1. The molecule has 2 aromatic rings. The maximum Gasteiger partial charge on any atom is 0.325 e. The van der Waals surface area contributed by atoms with Crippen molar-refractivity contribution in [2.75, 3.05) is 0 Å². The van der Waals surface area contributed by atoms with Gasteiger partial charge in [-0.1, -0.05) is 5.21 Å². The Kier molecular flexibility index (Phi) is 5.23. The van der Waals surface area contributed by atoms with Crippen molar-refractivity contribution in [1.82, 2.24) is 25.3 Å². The van der Waals surface area contributed by atoms with E-state index in [0.717, 1.165) is 0 Å². The maximum atomic E-state index is 12.2. The van der Waals surface area contributed by atoms with Crippen molar-refractivity contribution < 1.29 is 19.4 Å².